The first-order valence-corrected chi connectivity index (χ1v) is 5.63. The van der Waals surface area contributed by atoms with Crippen LogP contribution in [0.3, 0.4) is 0 Å². The fourth-order valence-corrected chi connectivity index (χ4v) is 2.42. The van der Waals surface area contributed by atoms with Crippen LogP contribution in [-0.4, -0.2) is 0 Å². The summed E-state index contributed by atoms with van der Waals surface area (Å²) in [7, 11) is 0. The molecule has 15 heavy (non-hydrogen) atoms. The Morgan fingerprint density at radius 3 is 2.60 bits per heavy atom. The van der Waals surface area contributed by atoms with Crippen molar-refractivity contribution in [2.24, 2.45) is 0 Å². The largest absolute Gasteiger partial charge is 0.204 e. The third-order valence-electron chi connectivity index (χ3n) is 2.05. The highest BCUT2D eigenvalue weighted by atomic mass is 35.5. The van der Waals surface area contributed by atoms with Gasteiger partial charge in [-0.3, -0.25) is 0 Å². The fourth-order valence-electron chi connectivity index (χ4n) is 1.30. The average molecular weight is 245 g/mol. The van der Waals surface area contributed by atoms with Gasteiger partial charge in [-0.2, -0.15) is 0 Å². The van der Waals surface area contributed by atoms with E-state index in [1.807, 2.05) is 11.4 Å². The smallest absolute Gasteiger partial charge is 0.163 e. The van der Waals surface area contributed by atoms with Crippen LogP contribution >= 0.6 is 22.9 Å². The molecule has 4 heteroatoms. The molecule has 0 aliphatic heterocycles. The van der Waals surface area contributed by atoms with E-state index in [-0.39, 0.29) is 5.56 Å². The van der Waals surface area contributed by atoms with Gasteiger partial charge in [0.05, 0.1) is 5.38 Å². The van der Waals surface area contributed by atoms with Gasteiger partial charge in [-0.05, 0) is 17.5 Å². The Morgan fingerprint density at radius 2 is 1.93 bits per heavy atom. The predicted octanol–water partition coefficient (Wildman–Crippen LogP) is 4.35. The second-order valence-electron chi connectivity index (χ2n) is 3.02. The van der Waals surface area contributed by atoms with Gasteiger partial charge in [-0.15, -0.1) is 22.9 Å². The number of rotatable bonds is 2. The van der Waals surface area contributed by atoms with Gasteiger partial charge in [0.15, 0.2) is 11.6 Å². The Balaban J connectivity index is 2.42. The molecule has 0 N–H and O–H groups in total. The maximum Gasteiger partial charge on any atom is 0.163 e. The minimum absolute atomic E-state index is 0.180. The van der Waals surface area contributed by atoms with Crippen LogP contribution in [0.4, 0.5) is 8.78 Å². The van der Waals surface area contributed by atoms with Crippen molar-refractivity contribution >= 4 is 22.9 Å². The molecule has 0 saturated heterocycles. The Kier molecular flexibility index (Phi) is 3.03. The van der Waals surface area contributed by atoms with Gasteiger partial charge in [-0.1, -0.05) is 18.2 Å². The standard InChI is InChI=1S/C11H7ClF2S/c12-10(9-5-2-6-15-9)7-3-1-4-8(13)11(7)14/h1-6,10H. The van der Waals surface area contributed by atoms with E-state index < -0.39 is 17.0 Å². The Labute approximate surface area is 95.1 Å². The maximum atomic E-state index is 13.4. The molecular weight excluding hydrogens is 238 g/mol. The van der Waals surface area contributed by atoms with Crippen LogP contribution in [-0.2, 0) is 0 Å². The number of benzene rings is 1. The summed E-state index contributed by atoms with van der Waals surface area (Å²) in [5.41, 5.74) is 0.180. The van der Waals surface area contributed by atoms with E-state index in [2.05, 4.69) is 0 Å². The first kappa shape index (κ1) is 10.6. The van der Waals surface area contributed by atoms with Gasteiger partial charge in [0.1, 0.15) is 0 Å². The fraction of sp³-hybridized carbons (Fsp3) is 0.0909. The molecule has 0 fully saturated rings. The number of alkyl halides is 1. The van der Waals surface area contributed by atoms with E-state index in [0.717, 1.165) is 10.9 Å². The SMILES string of the molecule is Fc1cccc(C(Cl)c2cccs2)c1F. The third kappa shape index (κ3) is 2.03. The summed E-state index contributed by atoms with van der Waals surface area (Å²) in [6.45, 7) is 0. The topological polar surface area (TPSA) is 0 Å². The molecule has 0 saturated carbocycles. The molecular formula is C11H7ClF2S. The van der Waals surface area contributed by atoms with E-state index in [1.165, 1.54) is 23.5 Å². The van der Waals surface area contributed by atoms with Gasteiger partial charge >= 0.3 is 0 Å². The average Bonchev–Trinajstić information content (AvgIpc) is 2.74. The van der Waals surface area contributed by atoms with Crippen molar-refractivity contribution in [1.29, 1.82) is 0 Å². The maximum absolute atomic E-state index is 13.4. The Morgan fingerprint density at radius 1 is 1.13 bits per heavy atom. The summed E-state index contributed by atoms with van der Waals surface area (Å²) in [5, 5.41) is 1.22. The zero-order valence-corrected chi connectivity index (χ0v) is 9.16. The number of thiophene rings is 1. The molecule has 0 radical (unpaired) electrons. The lowest BCUT2D eigenvalue weighted by Gasteiger charge is -2.08. The van der Waals surface area contributed by atoms with Crippen LogP contribution in [0.1, 0.15) is 15.8 Å². The predicted molar refractivity (Wildman–Crippen MR) is 58.4 cm³/mol. The summed E-state index contributed by atoms with van der Waals surface area (Å²) in [5.74, 6) is -1.74. The molecule has 78 valence electrons. The highest BCUT2D eigenvalue weighted by molar-refractivity contribution is 7.10. The number of halogens is 3. The van der Waals surface area contributed by atoms with Crippen LogP contribution in [0, 0.1) is 11.6 Å². The Bertz CT molecular complexity index is 454. The molecule has 0 nitrogen and oxygen atoms in total. The van der Waals surface area contributed by atoms with Crippen molar-refractivity contribution in [3.05, 3.63) is 57.8 Å². The minimum Gasteiger partial charge on any atom is -0.204 e. The first-order chi connectivity index (χ1) is 7.20. The lowest BCUT2D eigenvalue weighted by Crippen LogP contribution is -1.97. The van der Waals surface area contributed by atoms with Gasteiger partial charge in [0, 0.05) is 10.4 Å². The van der Waals surface area contributed by atoms with Crippen molar-refractivity contribution in [2.75, 3.05) is 0 Å². The van der Waals surface area contributed by atoms with Crippen molar-refractivity contribution in [3.8, 4) is 0 Å². The zero-order valence-electron chi connectivity index (χ0n) is 7.58. The third-order valence-corrected chi connectivity index (χ3v) is 3.58. The van der Waals surface area contributed by atoms with Crippen LogP contribution in [0.5, 0.6) is 0 Å². The molecule has 2 rings (SSSR count). The molecule has 0 bridgehead atoms. The van der Waals surface area contributed by atoms with E-state index in [4.69, 9.17) is 11.6 Å². The number of hydrogen-bond donors (Lipinski definition) is 0. The molecule has 0 aliphatic carbocycles. The minimum atomic E-state index is -0.870. The molecule has 1 aromatic heterocycles. The van der Waals surface area contributed by atoms with E-state index >= 15 is 0 Å². The van der Waals surface area contributed by atoms with Gasteiger partial charge in [-0.25, -0.2) is 8.78 Å². The van der Waals surface area contributed by atoms with Crippen molar-refractivity contribution in [3.63, 3.8) is 0 Å². The zero-order chi connectivity index (χ0) is 10.8. The molecule has 0 spiro atoms. The summed E-state index contributed by atoms with van der Waals surface area (Å²) < 4.78 is 26.3. The summed E-state index contributed by atoms with van der Waals surface area (Å²) in [6.07, 6.45) is 0. The quantitative estimate of drug-likeness (QED) is 0.689. The van der Waals surface area contributed by atoms with E-state index in [1.54, 1.807) is 6.07 Å². The summed E-state index contributed by atoms with van der Waals surface area (Å²) >= 11 is 7.47. The van der Waals surface area contributed by atoms with E-state index in [9.17, 15) is 8.78 Å². The normalized spacial score (nSPS) is 12.7. The van der Waals surface area contributed by atoms with Gasteiger partial charge < -0.3 is 0 Å². The molecule has 1 unspecified atom stereocenters. The molecule has 0 aliphatic rings. The highest BCUT2D eigenvalue weighted by Crippen LogP contribution is 2.33. The van der Waals surface area contributed by atoms with Crippen molar-refractivity contribution in [2.45, 2.75) is 5.38 Å². The molecule has 1 aromatic carbocycles. The number of hydrogen-bond acceptors (Lipinski definition) is 1. The van der Waals surface area contributed by atoms with Crippen molar-refractivity contribution in [1.82, 2.24) is 0 Å². The molecule has 1 atom stereocenters. The second-order valence-corrected chi connectivity index (χ2v) is 4.44. The van der Waals surface area contributed by atoms with E-state index in [0.29, 0.717) is 0 Å². The van der Waals surface area contributed by atoms with Crippen LogP contribution in [0.25, 0.3) is 0 Å². The monoisotopic (exact) mass is 244 g/mol. The second kappa shape index (κ2) is 4.29. The lowest BCUT2D eigenvalue weighted by molar-refractivity contribution is 0.500. The first-order valence-electron chi connectivity index (χ1n) is 4.31. The Hall–Kier alpha value is -0.930. The van der Waals surface area contributed by atoms with Crippen LogP contribution < -0.4 is 0 Å². The summed E-state index contributed by atoms with van der Waals surface area (Å²) in [4.78, 5) is 0.807. The lowest BCUT2D eigenvalue weighted by atomic mass is 10.1. The van der Waals surface area contributed by atoms with Gasteiger partial charge in [0.2, 0.25) is 0 Å². The molecule has 0 amide bonds. The summed E-state index contributed by atoms with van der Waals surface area (Å²) in [6, 6.07) is 7.66. The van der Waals surface area contributed by atoms with Crippen molar-refractivity contribution < 1.29 is 8.78 Å². The van der Waals surface area contributed by atoms with Gasteiger partial charge in [0.25, 0.3) is 0 Å². The molecule has 1 heterocycles. The molecule has 2 aromatic rings. The highest BCUT2D eigenvalue weighted by Gasteiger charge is 2.18. The van der Waals surface area contributed by atoms with Crippen LogP contribution in [0.2, 0.25) is 0 Å². The van der Waals surface area contributed by atoms with Crippen LogP contribution in [0.15, 0.2) is 35.7 Å².